The van der Waals surface area contributed by atoms with Gasteiger partial charge in [-0.3, -0.25) is 0 Å². The first-order chi connectivity index (χ1) is 9.62. The molecule has 6 nitrogen and oxygen atoms in total. The molecule has 1 aromatic heterocycles. The molecule has 108 valence electrons. The van der Waals surface area contributed by atoms with Crippen molar-refractivity contribution < 1.29 is 12.9 Å². The Morgan fingerprint density at radius 1 is 1.20 bits per heavy atom. The zero-order chi connectivity index (χ0) is 14.4. The van der Waals surface area contributed by atoms with Gasteiger partial charge in [-0.05, 0) is 37.1 Å². The average molecular weight is 295 g/mol. The molecular formula is C13H17N3O3S. The Labute approximate surface area is 118 Å². The number of nitrogens with zero attached hydrogens (tertiary/aromatic N) is 1. The van der Waals surface area contributed by atoms with E-state index in [1.807, 2.05) is 0 Å². The summed E-state index contributed by atoms with van der Waals surface area (Å²) in [5, 5.41) is 3.52. The van der Waals surface area contributed by atoms with Crippen LogP contribution in [0.5, 0.6) is 0 Å². The first kappa shape index (κ1) is 14.7. The second kappa shape index (κ2) is 6.65. The van der Waals surface area contributed by atoms with Crippen molar-refractivity contribution in [2.45, 2.75) is 24.3 Å². The highest BCUT2D eigenvalue weighted by atomic mass is 32.2. The highest BCUT2D eigenvalue weighted by Gasteiger charge is 2.14. The first-order valence-electron chi connectivity index (χ1n) is 6.30. The molecule has 2 rings (SSSR count). The van der Waals surface area contributed by atoms with Crippen molar-refractivity contribution in [1.82, 2.24) is 9.88 Å². The van der Waals surface area contributed by atoms with E-state index in [0.717, 1.165) is 18.4 Å². The summed E-state index contributed by atoms with van der Waals surface area (Å²) in [7, 11) is -3.54. The summed E-state index contributed by atoms with van der Waals surface area (Å²) in [6.07, 6.45) is 3.20. The molecule has 0 saturated heterocycles. The summed E-state index contributed by atoms with van der Waals surface area (Å²) in [5.74, 6) is 0.466. The lowest BCUT2D eigenvalue weighted by molar-refractivity contribution is 0.380. The molecule has 0 unspecified atom stereocenters. The Kier molecular flexibility index (Phi) is 4.89. The van der Waals surface area contributed by atoms with Crippen LogP contribution in [0.3, 0.4) is 0 Å². The van der Waals surface area contributed by atoms with Gasteiger partial charge in [0, 0.05) is 6.07 Å². The minimum absolute atomic E-state index is 0.0806. The van der Waals surface area contributed by atoms with Gasteiger partial charge in [-0.1, -0.05) is 17.3 Å². The molecule has 0 atom stereocenters. The highest BCUT2D eigenvalue weighted by molar-refractivity contribution is 7.89. The van der Waals surface area contributed by atoms with Crippen LogP contribution in [0, 0.1) is 0 Å². The maximum Gasteiger partial charge on any atom is 0.240 e. The van der Waals surface area contributed by atoms with Gasteiger partial charge in [-0.15, -0.1) is 0 Å². The number of nitrogens with two attached hydrogens (primary N) is 1. The molecular weight excluding hydrogens is 278 g/mol. The molecule has 7 heteroatoms. The van der Waals surface area contributed by atoms with E-state index in [1.165, 1.54) is 6.20 Å². The van der Waals surface area contributed by atoms with Gasteiger partial charge in [0.15, 0.2) is 5.76 Å². The van der Waals surface area contributed by atoms with Gasteiger partial charge in [-0.2, -0.15) is 0 Å². The number of nitrogens with one attached hydrogen (secondary N) is 1. The zero-order valence-corrected chi connectivity index (χ0v) is 11.8. The van der Waals surface area contributed by atoms with Crippen molar-refractivity contribution in [3.63, 3.8) is 0 Å². The van der Waals surface area contributed by atoms with Crippen LogP contribution in [0.2, 0.25) is 0 Å². The monoisotopic (exact) mass is 295 g/mol. The van der Waals surface area contributed by atoms with Gasteiger partial charge in [0.25, 0.3) is 0 Å². The molecule has 0 bridgehead atoms. The molecule has 1 heterocycles. The second-order valence-corrected chi connectivity index (χ2v) is 6.11. The summed E-state index contributed by atoms with van der Waals surface area (Å²) in [6, 6.07) is 8.40. The van der Waals surface area contributed by atoms with Gasteiger partial charge >= 0.3 is 0 Å². The zero-order valence-electron chi connectivity index (χ0n) is 11.0. The summed E-state index contributed by atoms with van der Waals surface area (Å²) >= 11 is 0. The molecule has 0 aliphatic rings. The van der Waals surface area contributed by atoms with E-state index in [-0.39, 0.29) is 11.4 Å². The van der Waals surface area contributed by atoms with E-state index in [4.69, 9.17) is 10.3 Å². The van der Waals surface area contributed by atoms with Gasteiger partial charge in [-0.25, -0.2) is 13.1 Å². The Morgan fingerprint density at radius 2 is 1.95 bits per heavy atom. The third-order valence-corrected chi connectivity index (χ3v) is 4.25. The van der Waals surface area contributed by atoms with Crippen LogP contribution in [0.25, 0.3) is 0 Å². The fourth-order valence-corrected chi connectivity index (χ4v) is 2.72. The predicted octanol–water partition coefficient (Wildman–Crippen LogP) is 1.04. The predicted molar refractivity (Wildman–Crippen MR) is 74.3 cm³/mol. The fourth-order valence-electron chi connectivity index (χ4n) is 1.72. The van der Waals surface area contributed by atoms with Gasteiger partial charge < -0.3 is 10.3 Å². The average Bonchev–Trinajstić information content (AvgIpc) is 2.97. The second-order valence-electron chi connectivity index (χ2n) is 4.34. The van der Waals surface area contributed by atoms with Gasteiger partial charge in [0.1, 0.15) is 0 Å². The normalized spacial score (nSPS) is 11.7. The SMILES string of the molecule is NCCCc1ccc(S(=O)(=O)NCc2ccno2)cc1. The van der Waals surface area contributed by atoms with E-state index in [1.54, 1.807) is 30.3 Å². The number of sulfonamides is 1. The Hall–Kier alpha value is -1.70. The molecule has 0 aliphatic heterocycles. The van der Waals surface area contributed by atoms with E-state index in [9.17, 15) is 8.42 Å². The molecule has 0 aliphatic carbocycles. The number of aromatic nitrogens is 1. The quantitative estimate of drug-likeness (QED) is 0.795. The third kappa shape index (κ3) is 3.89. The maximum absolute atomic E-state index is 12.1. The molecule has 0 fully saturated rings. The number of hydrogen-bond acceptors (Lipinski definition) is 5. The van der Waals surface area contributed by atoms with Crippen LogP contribution in [0.1, 0.15) is 17.7 Å². The van der Waals surface area contributed by atoms with Crippen LogP contribution in [-0.2, 0) is 23.0 Å². The molecule has 0 radical (unpaired) electrons. The van der Waals surface area contributed by atoms with Crippen molar-refractivity contribution in [1.29, 1.82) is 0 Å². The molecule has 0 saturated carbocycles. The van der Waals surface area contributed by atoms with Crippen molar-refractivity contribution in [2.75, 3.05) is 6.54 Å². The van der Waals surface area contributed by atoms with Crippen LogP contribution in [-0.4, -0.2) is 20.1 Å². The highest BCUT2D eigenvalue weighted by Crippen LogP contribution is 2.12. The van der Waals surface area contributed by atoms with E-state index in [0.29, 0.717) is 12.3 Å². The summed E-state index contributed by atoms with van der Waals surface area (Å²) < 4.78 is 31.4. The van der Waals surface area contributed by atoms with E-state index < -0.39 is 10.0 Å². The fraction of sp³-hybridized carbons (Fsp3) is 0.308. The lowest BCUT2D eigenvalue weighted by Crippen LogP contribution is -2.23. The minimum Gasteiger partial charge on any atom is -0.360 e. The lowest BCUT2D eigenvalue weighted by atomic mass is 10.1. The molecule has 2 aromatic rings. The number of benzene rings is 1. The Bertz CT molecular complexity index is 621. The van der Waals surface area contributed by atoms with Crippen molar-refractivity contribution in [3.05, 3.63) is 47.9 Å². The van der Waals surface area contributed by atoms with E-state index in [2.05, 4.69) is 9.88 Å². The van der Waals surface area contributed by atoms with Gasteiger partial charge in [0.2, 0.25) is 10.0 Å². The molecule has 20 heavy (non-hydrogen) atoms. The Balaban J connectivity index is 2.01. The van der Waals surface area contributed by atoms with Crippen LogP contribution >= 0.6 is 0 Å². The van der Waals surface area contributed by atoms with Crippen molar-refractivity contribution in [3.8, 4) is 0 Å². The summed E-state index contributed by atoms with van der Waals surface area (Å²) in [6.45, 7) is 0.704. The minimum atomic E-state index is -3.54. The standard InChI is InChI=1S/C13H17N3O3S/c14-8-1-2-11-3-5-13(6-4-11)20(17,18)16-10-12-7-9-15-19-12/h3-7,9,16H,1-2,8,10,14H2. The molecule has 1 aromatic carbocycles. The van der Waals surface area contributed by atoms with Crippen molar-refractivity contribution in [2.24, 2.45) is 5.73 Å². The van der Waals surface area contributed by atoms with Gasteiger partial charge in [0.05, 0.1) is 17.6 Å². The maximum atomic E-state index is 12.1. The number of aryl methyl sites for hydroxylation is 1. The summed E-state index contributed by atoms with van der Waals surface area (Å²) in [5.41, 5.74) is 6.52. The van der Waals surface area contributed by atoms with Crippen molar-refractivity contribution >= 4 is 10.0 Å². The summed E-state index contributed by atoms with van der Waals surface area (Å²) in [4.78, 5) is 0.230. The molecule has 0 spiro atoms. The first-order valence-corrected chi connectivity index (χ1v) is 7.78. The molecule has 0 amide bonds. The van der Waals surface area contributed by atoms with Crippen LogP contribution < -0.4 is 10.5 Å². The van der Waals surface area contributed by atoms with Crippen LogP contribution in [0.15, 0.2) is 45.9 Å². The third-order valence-electron chi connectivity index (χ3n) is 2.83. The Morgan fingerprint density at radius 3 is 2.55 bits per heavy atom. The number of hydrogen-bond donors (Lipinski definition) is 2. The smallest absolute Gasteiger partial charge is 0.240 e. The van der Waals surface area contributed by atoms with Crippen LogP contribution in [0.4, 0.5) is 0 Å². The topological polar surface area (TPSA) is 98.2 Å². The molecule has 3 N–H and O–H groups in total. The number of rotatable bonds is 7. The van der Waals surface area contributed by atoms with E-state index >= 15 is 0 Å². The lowest BCUT2D eigenvalue weighted by Gasteiger charge is -2.06. The largest absolute Gasteiger partial charge is 0.360 e.